The van der Waals surface area contributed by atoms with E-state index in [9.17, 15) is 9.59 Å². The summed E-state index contributed by atoms with van der Waals surface area (Å²) in [6.07, 6.45) is 0.510. The Morgan fingerprint density at radius 3 is 2.62 bits per heavy atom. The maximum absolute atomic E-state index is 11.1. The first-order chi connectivity index (χ1) is 7.47. The summed E-state index contributed by atoms with van der Waals surface area (Å²) in [6.45, 7) is 1.87. The standard InChI is InChI=1S/C11H12BrNO3/c1-7-5-8(3-4-9(7)12)10(11(15)16)13(2)6-14/h3-6,10H,1-2H3,(H,15,16). The molecule has 0 saturated carbocycles. The average Bonchev–Trinajstić information content (AvgIpc) is 2.22. The molecule has 1 N–H and O–H groups in total. The third kappa shape index (κ3) is 2.61. The van der Waals surface area contributed by atoms with Crippen molar-refractivity contribution in [3.8, 4) is 0 Å². The van der Waals surface area contributed by atoms with E-state index < -0.39 is 12.0 Å². The zero-order chi connectivity index (χ0) is 12.3. The fourth-order valence-corrected chi connectivity index (χ4v) is 1.70. The highest BCUT2D eigenvalue weighted by Gasteiger charge is 2.23. The van der Waals surface area contributed by atoms with Crippen LogP contribution in [0.5, 0.6) is 0 Å². The Kier molecular flexibility index (Phi) is 4.06. The van der Waals surface area contributed by atoms with Crippen LogP contribution in [0.4, 0.5) is 0 Å². The third-order valence-corrected chi connectivity index (χ3v) is 3.19. The zero-order valence-electron chi connectivity index (χ0n) is 8.98. The summed E-state index contributed by atoms with van der Waals surface area (Å²) >= 11 is 3.34. The third-order valence-electron chi connectivity index (χ3n) is 2.31. The van der Waals surface area contributed by atoms with E-state index in [4.69, 9.17) is 5.11 Å². The van der Waals surface area contributed by atoms with Crippen molar-refractivity contribution in [2.24, 2.45) is 0 Å². The van der Waals surface area contributed by atoms with Gasteiger partial charge in [-0.1, -0.05) is 28.1 Å². The lowest BCUT2D eigenvalue weighted by atomic mass is 10.0. The molecule has 0 aliphatic rings. The van der Waals surface area contributed by atoms with Gasteiger partial charge in [0.05, 0.1) is 0 Å². The number of nitrogens with zero attached hydrogens (tertiary/aromatic N) is 1. The number of carbonyl (C=O) groups excluding carboxylic acids is 1. The quantitative estimate of drug-likeness (QED) is 0.861. The first-order valence-electron chi connectivity index (χ1n) is 4.63. The molecule has 86 valence electrons. The van der Waals surface area contributed by atoms with Crippen molar-refractivity contribution < 1.29 is 14.7 Å². The second kappa shape index (κ2) is 5.12. The highest BCUT2D eigenvalue weighted by Crippen LogP contribution is 2.24. The first kappa shape index (κ1) is 12.7. The molecule has 0 heterocycles. The van der Waals surface area contributed by atoms with Gasteiger partial charge in [0, 0.05) is 11.5 Å². The molecule has 1 rings (SSSR count). The van der Waals surface area contributed by atoms with Gasteiger partial charge in [0.2, 0.25) is 6.41 Å². The Balaban J connectivity index is 3.16. The van der Waals surface area contributed by atoms with Crippen LogP contribution in [0, 0.1) is 6.92 Å². The van der Waals surface area contributed by atoms with E-state index >= 15 is 0 Å². The molecular weight excluding hydrogens is 274 g/mol. The fourth-order valence-electron chi connectivity index (χ4n) is 1.45. The molecular formula is C11H12BrNO3. The second-order valence-corrected chi connectivity index (χ2v) is 4.37. The predicted octanol–water partition coefficient (Wildman–Crippen LogP) is 1.97. The Labute approximate surface area is 102 Å². The molecule has 5 heteroatoms. The zero-order valence-corrected chi connectivity index (χ0v) is 10.6. The van der Waals surface area contributed by atoms with Crippen molar-refractivity contribution in [3.05, 3.63) is 33.8 Å². The minimum atomic E-state index is -1.05. The van der Waals surface area contributed by atoms with Crippen molar-refractivity contribution in [2.75, 3.05) is 7.05 Å². The van der Waals surface area contributed by atoms with Gasteiger partial charge in [0.15, 0.2) is 6.04 Å². The van der Waals surface area contributed by atoms with E-state index in [0.29, 0.717) is 12.0 Å². The number of carboxylic acids is 1. The SMILES string of the molecule is Cc1cc(C(C(=O)O)N(C)C=O)ccc1Br. The topological polar surface area (TPSA) is 57.6 Å². The predicted molar refractivity (Wildman–Crippen MR) is 63.1 cm³/mol. The van der Waals surface area contributed by atoms with Gasteiger partial charge in [-0.05, 0) is 24.1 Å². The number of carbonyl (C=O) groups is 2. The molecule has 1 amide bonds. The van der Waals surface area contributed by atoms with Crippen LogP contribution in [-0.4, -0.2) is 29.4 Å². The molecule has 0 aliphatic carbocycles. The van der Waals surface area contributed by atoms with Crippen LogP contribution in [0.25, 0.3) is 0 Å². The van der Waals surface area contributed by atoms with Gasteiger partial charge in [-0.25, -0.2) is 4.79 Å². The Morgan fingerprint density at radius 1 is 1.56 bits per heavy atom. The van der Waals surface area contributed by atoms with Crippen LogP contribution in [0.15, 0.2) is 22.7 Å². The number of likely N-dealkylation sites (N-methyl/N-ethyl adjacent to an activating group) is 1. The first-order valence-corrected chi connectivity index (χ1v) is 5.42. The van der Waals surface area contributed by atoms with Crippen LogP contribution in [0.2, 0.25) is 0 Å². The van der Waals surface area contributed by atoms with Crippen molar-refractivity contribution in [2.45, 2.75) is 13.0 Å². The summed E-state index contributed by atoms with van der Waals surface area (Å²) < 4.78 is 0.911. The summed E-state index contributed by atoms with van der Waals surface area (Å²) in [7, 11) is 1.45. The van der Waals surface area contributed by atoms with Crippen molar-refractivity contribution in [1.82, 2.24) is 4.90 Å². The van der Waals surface area contributed by atoms with E-state index in [1.165, 1.54) is 7.05 Å². The minimum absolute atomic E-state index is 0.510. The highest BCUT2D eigenvalue weighted by molar-refractivity contribution is 9.10. The van der Waals surface area contributed by atoms with Gasteiger partial charge >= 0.3 is 5.97 Å². The molecule has 1 aromatic rings. The summed E-state index contributed by atoms with van der Waals surface area (Å²) in [5, 5.41) is 9.08. The summed E-state index contributed by atoms with van der Waals surface area (Å²) in [5.74, 6) is -1.05. The van der Waals surface area contributed by atoms with Crippen LogP contribution in [-0.2, 0) is 9.59 Å². The monoisotopic (exact) mass is 285 g/mol. The smallest absolute Gasteiger partial charge is 0.331 e. The van der Waals surface area contributed by atoms with E-state index in [1.807, 2.05) is 6.92 Å². The molecule has 1 unspecified atom stereocenters. The lowest BCUT2D eigenvalue weighted by molar-refractivity contribution is -0.145. The van der Waals surface area contributed by atoms with Gasteiger partial charge in [0.1, 0.15) is 0 Å². The maximum Gasteiger partial charge on any atom is 0.331 e. The molecule has 0 aliphatic heterocycles. The summed E-state index contributed by atoms with van der Waals surface area (Å²) in [5.41, 5.74) is 1.52. The van der Waals surface area contributed by atoms with Crippen LogP contribution in [0.3, 0.4) is 0 Å². The highest BCUT2D eigenvalue weighted by atomic mass is 79.9. The molecule has 0 saturated heterocycles. The molecule has 1 atom stereocenters. The van der Waals surface area contributed by atoms with Crippen LogP contribution >= 0.6 is 15.9 Å². The molecule has 1 aromatic carbocycles. The molecule has 4 nitrogen and oxygen atoms in total. The average molecular weight is 286 g/mol. The number of amides is 1. The van der Waals surface area contributed by atoms with E-state index in [1.54, 1.807) is 18.2 Å². The van der Waals surface area contributed by atoms with Gasteiger partial charge in [-0.15, -0.1) is 0 Å². The molecule has 0 aromatic heterocycles. The van der Waals surface area contributed by atoms with E-state index in [-0.39, 0.29) is 0 Å². The second-order valence-electron chi connectivity index (χ2n) is 3.52. The lowest BCUT2D eigenvalue weighted by Gasteiger charge is -2.21. The van der Waals surface area contributed by atoms with Crippen LogP contribution in [0.1, 0.15) is 17.2 Å². The van der Waals surface area contributed by atoms with Crippen LogP contribution < -0.4 is 0 Å². The summed E-state index contributed by atoms with van der Waals surface area (Å²) in [4.78, 5) is 22.8. The van der Waals surface area contributed by atoms with Crippen molar-refractivity contribution in [1.29, 1.82) is 0 Å². The van der Waals surface area contributed by atoms with Gasteiger partial charge < -0.3 is 10.0 Å². The minimum Gasteiger partial charge on any atom is -0.479 e. The number of carboxylic acid groups (broad SMARTS) is 1. The lowest BCUT2D eigenvalue weighted by Crippen LogP contribution is -2.29. The van der Waals surface area contributed by atoms with E-state index in [2.05, 4.69) is 15.9 Å². The number of rotatable bonds is 4. The number of aryl methyl sites for hydroxylation is 1. The molecule has 16 heavy (non-hydrogen) atoms. The number of aliphatic carboxylic acids is 1. The molecule has 0 fully saturated rings. The number of hydrogen-bond acceptors (Lipinski definition) is 2. The molecule has 0 bridgehead atoms. The van der Waals surface area contributed by atoms with Crippen molar-refractivity contribution >= 4 is 28.3 Å². The Morgan fingerprint density at radius 2 is 2.19 bits per heavy atom. The van der Waals surface area contributed by atoms with Gasteiger partial charge in [-0.2, -0.15) is 0 Å². The fraction of sp³-hybridized carbons (Fsp3) is 0.273. The normalized spacial score (nSPS) is 11.9. The summed E-state index contributed by atoms with van der Waals surface area (Å²) in [6, 6.07) is 4.28. The molecule has 0 spiro atoms. The largest absolute Gasteiger partial charge is 0.479 e. The van der Waals surface area contributed by atoms with E-state index in [0.717, 1.165) is 14.9 Å². The van der Waals surface area contributed by atoms with Gasteiger partial charge in [0.25, 0.3) is 0 Å². The number of halogens is 1. The maximum atomic E-state index is 11.1. The van der Waals surface area contributed by atoms with Gasteiger partial charge in [-0.3, -0.25) is 4.79 Å². The molecule has 0 radical (unpaired) electrons. The number of benzene rings is 1. The Hall–Kier alpha value is -1.36. The Bertz CT molecular complexity index is 420. The van der Waals surface area contributed by atoms with Crippen molar-refractivity contribution in [3.63, 3.8) is 0 Å². The number of hydrogen-bond donors (Lipinski definition) is 1.